The van der Waals surface area contributed by atoms with Gasteiger partial charge in [0.2, 0.25) is 5.91 Å². The van der Waals surface area contributed by atoms with Gasteiger partial charge in [0, 0.05) is 19.4 Å². The van der Waals surface area contributed by atoms with Crippen LogP contribution in [0.3, 0.4) is 0 Å². The lowest BCUT2D eigenvalue weighted by atomic mass is 9.96. The van der Waals surface area contributed by atoms with E-state index < -0.39 is 5.97 Å². The zero-order valence-corrected chi connectivity index (χ0v) is 11.7. The molecular formula is C15H25NO3. The minimum atomic E-state index is -0.740. The van der Waals surface area contributed by atoms with Crippen LogP contribution in [0.4, 0.5) is 0 Å². The van der Waals surface area contributed by atoms with Gasteiger partial charge in [-0.05, 0) is 37.5 Å². The Kier molecular flexibility index (Phi) is 7.23. The molecule has 2 atom stereocenters. The first-order chi connectivity index (χ1) is 9.11. The van der Waals surface area contributed by atoms with Crippen molar-refractivity contribution in [3.05, 3.63) is 12.2 Å². The maximum Gasteiger partial charge on any atom is 0.303 e. The Hall–Kier alpha value is -1.32. The zero-order chi connectivity index (χ0) is 14.1. The van der Waals surface area contributed by atoms with Crippen LogP contribution in [-0.2, 0) is 9.59 Å². The molecule has 2 N–H and O–H groups in total. The van der Waals surface area contributed by atoms with Gasteiger partial charge in [0.15, 0.2) is 0 Å². The van der Waals surface area contributed by atoms with Crippen molar-refractivity contribution >= 4 is 11.9 Å². The van der Waals surface area contributed by atoms with E-state index in [1.165, 1.54) is 0 Å². The van der Waals surface area contributed by atoms with Crippen LogP contribution in [0.5, 0.6) is 0 Å². The van der Waals surface area contributed by atoms with Crippen LogP contribution >= 0.6 is 0 Å². The number of amides is 1. The molecule has 2 unspecified atom stereocenters. The fourth-order valence-corrected chi connectivity index (χ4v) is 2.47. The second-order valence-corrected chi connectivity index (χ2v) is 5.32. The smallest absolute Gasteiger partial charge is 0.303 e. The highest BCUT2D eigenvalue weighted by Gasteiger charge is 2.14. The normalized spacial score (nSPS) is 19.3. The first-order valence-electron chi connectivity index (χ1n) is 7.27. The summed E-state index contributed by atoms with van der Waals surface area (Å²) < 4.78 is 0. The number of carboxylic acids is 1. The number of carbonyl (C=O) groups excluding carboxylic acids is 1. The summed E-state index contributed by atoms with van der Waals surface area (Å²) in [7, 11) is 0. The summed E-state index contributed by atoms with van der Waals surface area (Å²) in [5.74, 6) is 0.178. The van der Waals surface area contributed by atoms with Crippen LogP contribution in [0, 0.1) is 11.8 Å². The van der Waals surface area contributed by atoms with Crippen LogP contribution in [0.25, 0.3) is 0 Å². The molecule has 0 bridgehead atoms. The van der Waals surface area contributed by atoms with E-state index in [0.29, 0.717) is 31.2 Å². The van der Waals surface area contributed by atoms with Crippen molar-refractivity contribution in [2.45, 2.75) is 51.9 Å². The lowest BCUT2D eigenvalue weighted by Crippen LogP contribution is -2.27. The van der Waals surface area contributed by atoms with E-state index in [1.54, 1.807) is 0 Å². The highest BCUT2D eigenvalue weighted by Crippen LogP contribution is 2.20. The van der Waals surface area contributed by atoms with Gasteiger partial charge < -0.3 is 10.4 Å². The minimum absolute atomic E-state index is 0.115. The Balaban J connectivity index is 2.11. The van der Waals surface area contributed by atoms with E-state index in [4.69, 9.17) is 5.11 Å². The second-order valence-electron chi connectivity index (χ2n) is 5.32. The molecule has 1 aliphatic rings. The molecule has 0 saturated carbocycles. The minimum Gasteiger partial charge on any atom is -0.481 e. The average Bonchev–Trinajstić information content (AvgIpc) is 2.86. The van der Waals surface area contributed by atoms with Crippen molar-refractivity contribution in [1.29, 1.82) is 0 Å². The Morgan fingerprint density at radius 3 is 2.79 bits per heavy atom. The Morgan fingerprint density at radius 2 is 2.21 bits per heavy atom. The number of hydrogen-bond donors (Lipinski definition) is 2. The van der Waals surface area contributed by atoms with Gasteiger partial charge in [-0.25, -0.2) is 0 Å². The van der Waals surface area contributed by atoms with Crippen LogP contribution in [0.15, 0.2) is 12.2 Å². The molecule has 4 nitrogen and oxygen atoms in total. The molecule has 19 heavy (non-hydrogen) atoms. The zero-order valence-electron chi connectivity index (χ0n) is 11.7. The number of hydrogen-bond acceptors (Lipinski definition) is 2. The maximum atomic E-state index is 11.7. The van der Waals surface area contributed by atoms with E-state index in [0.717, 1.165) is 25.7 Å². The van der Waals surface area contributed by atoms with Gasteiger partial charge >= 0.3 is 5.97 Å². The first-order valence-corrected chi connectivity index (χ1v) is 7.27. The van der Waals surface area contributed by atoms with Crippen LogP contribution < -0.4 is 5.32 Å². The van der Waals surface area contributed by atoms with Gasteiger partial charge in [0.25, 0.3) is 0 Å². The third-order valence-corrected chi connectivity index (χ3v) is 3.78. The summed E-state index contributed by atoms with van der Waals surface area (Å²) in [5.41, 5.74) is 0. The predicted molar refractivity (Wildman–Crippen MR) is 74.8 cm³/mol. The van der Waals surface area contributed by atoms with Crippen molar-refractivity contribution < 1.29 is 14.7 Å². The van der Waals surface area contributed by atoms with Crippen LogP contribution in [0.1, 0.15) is 51.9 Å². The molecule has 0 spiro atoms. The average molecular weight is 267 g/mol. The standard InChI is InChI=1S/C15H25NO3/c1-2-12(7-8-15(18)19)9-10-16-14(17)11-13-5-3-4-6-13/h3,5,12-13H,2,4,6-11H2,1H3,(H,16,17)(H,18,19). The molecule has 0 aromatic heterocycles. The van der Waals surface area contributed by atoms with E-state index in [1.807, 2.05) is 0 Å². The maximum absolute atomic E-state index is 11.7. The summed E-state index contributed by atoms with van der Waals surface area (Å²) >= 11 is 0. The van der Waals surface area contributed by atoms with Crippen LogP contribution in [-0.4, -0.2) is 23.5 Å². The fourth-order valence-electron chi connectivity index (χ4n) is 2.47. The van der Waals surface area contributed by atoms with Crippen molar-refractivity contribution in [1.82, 2.24) is 5.32 Å². The van der Waals surface area contributed by atoms with E-state index in [9.17, 15) is 9.59 Å². The molecule has 0 radical (unpaired) electrons. The quantitative estimate of drug-likeness (QED) is 0.631. The van der Waals surface area contributed by atoms with Crippen molar-refractivity contribution in [3.8, 4) is 0 Å². The molecule has 1 aliphatic carbocycles. The molecule has 1 rings (SSSR count). The third kappa shape index (κ3) is 6.99. The molecule has 0 aromatic rings. The van der Waals surface area contributed by atoms with E-state index in [2.05, 4.69) is 24.4 Å². The summed E-state index contributed by atoms with van der Waals surface area (Å²) in [6.45, 7) is 2.73. The molecule has 1 amide bonds. The molecule has 108 valence electrons. The SMILES string of the molecule is CCC(CCNC(=O)CC1C=CCC1)CCC(=O)O. The molecule has 0 saturated heterocycles. The van der Waals surface area contributed by atoms with Gasteiger partial charge in [0.1, 0.15) is 0 Å². The monoisotopic (exact) mass is 267 g/mol. The molecule has 0 aromatic carbocycles. The van der Waals surface area contributed by atoms with Crippen molar-refractivity contribution in [3.63, 3.8) is 0 Å². The van der Waals surface area contributed by atoms with E-state index in [-0.39, 0.29) is 12.3 Å². The molecular weight excluding hydrogens is 242 g/mol. The summed E-state index contributed by atoms with van der Waals surface area (Å²) in [4.78, 5) is 22.2. The first kappa shape index (κ1) is 15.7. The summed E-state index contributed by atoms with van der Waals surface area (Å²) in [5, 5.41) is 11.6. The lowest BCUT2D eigenvalue weighted by molar-refractivity contribution is -0.137. The number of rotatable bonds is 9. The highest BCUT2D eigenvalue weighted by molar-refractivity contribution is 5.76. The largest absolute Gasteiger partial charge is 0.481 e. The van der Waals surface area contributed by atoms with Gasteiger partial charge in [-0.1, -0.05) is 25.5 Å². The molecule has 0 aliphatic heterocycles. The number of allylic oxidation sites excluding steroid dienone is 2. The molecule has 4 heteroatoms. The number of carboxylic acid groups (broad SMARTS) is 1. The number of nitrogens with one attached hydrogen (secondary N) is 1. The Morgan fingerprint density at radius 1 is 1.42 bits per heavy atom. The van der Waals surface area contributed by atoms with Crippen molar-refractivity contribution in [2.24, 2.45) is 11.8 Å². The van der Waals surface area contributed by atoms with Crippen molar-refractivity contribution in [2.75, 3.05) is 6.54 Å². The Bertz CT molecular complexity index is 325. The molecule has 0 heterocycles. The molecule has 0 fully saturated rings. The second kappa shape index (κ2) is 8.73. The van der Waals surface area contributed by atoms with Gasteiger partial charge in [-0.3, -0.25) is 9.59 Å². The number of carbonyl (C=O) groups is 2. The number of aliphatic carboxylic acids is 1. The third-order valence-electron chi connectivity index (χ3n) is 3.78. The fraction of sp³-hybridized carbons (Fsp3) is 0.733. The highest BCUT2D eigenvalue weighted by atomic mass is 16.4. The topological polar surface area (TPSA) is 66.4 Å². The predicted octanol–water partition coefficient (Wildman–Crippen LogP) is 2.74. The van der Waals surface area contributed by atoms with Gasteiger partial charge in [-0.15, -0.1) is 0 Å². The Labute approximate surface area is 115 Å². The lowest BCUT2D eigenvalue weighted by Gasteiger charge is -2.14. The van der Waals surface area contributed by atoms with Gasteiger partial charge in [-0.2, -0.15) is 0 Å². The van der Waals surface area contributed by atoms with Crippen LogP contribution in [0.2, 0.25) is 0 Å². The van der Waals surface area contributed by atoms with Gasteiger partial charge in [0.05, 0.1) is 0 Å². The summed E-state index contributed by atoms with van der Waals surface area (Å²) in [6.07, 6.45) is 9.78. The summed E-state index contributed by atoms with van der Waals surface area (Å²) in [6, 6.07) is 0. The van der Waals surface area contributed by atoms with E-state index >= 15 is 0 Å².